The minimum atomic E-state index is 0.457. The quantitative estimate of drug-likeness (QED) is 0.894. The number of rotatable bonds is 3. The lowest BCUT2D eigenvalue weighted by molar-refractivity contribution is 0.105. The van der Waals surface area contributed by atoms with Crippen molar-refractivity contribution in [1.82, 2.24) is 10.3 Å². The van der Waals surface area contributed by atoms with Gasteiger partial charge in [0.15, 0.2) is 11.5 Å². The summed E-state index contributed by atoms with van der Waals surface area (Å²) in [5, 5.41) is 3.44. The average Bonchev–Trinajstić information content (AvgIpc) is 2.68. The largest absolute Gasteiger partial charge is 0.487 e. The van der Waals surface area contributed by atoms with Crippen LogP contribution in [0, 0.1) is 5.92 Å². The first kappa shape index (κ1) is 19.2. The summed E-state index contributed by atoms with van der Waals surface area (Å²) in [5.41, 5.74) is 0.829. The van der Waals surface area contributed by atoms with Crippen LogP contribution in [0.15, 0.2) is 47.6 Å². The molecule has 0 spiro atoms. The standard InChI is InChI=1S/C21H27N3O3/c1-16(2)9-11-22-20-17-6-5-10-24-21(17)27-19-8-4-3-7-18(19)26-15-14-25-13-12-23-20/h3-8,10,16H,9,11-15H2,1-2H3,(H,22,23). The number of aromatic nitrogens is 1. The number of aliphatic imine (C=N–C) groups is 1. The summed E-state index contributed by atoms with van der Waals surface area (Å²) in [4.78, 5) is 9.13. The fourth-order valence-electron chi connectivity index (χ4n) is 2.66. The maximum absolute atomic E-state index is 6.12. The van der Waals surface area contributed by atoms with Gasteiger partial charge in [-0.15, -0.1) is 0 Å². The average molecular weight is 369 g/mol. The van der Waals surface area contributed by atoms with E-state index in [0.29, 0.717) is 49.7 Å². The summed E-state index contributed by atoms with van der Waals surface area (Å²) in [6, 6.07) is 11.4. The third-order valence-corrected chi connectivity index (χ3v) is 4.09. The molecule has 1 aromatic carbocycles. The van der Waals surface area contributed by atoms with Crippen LogP contribution in [0.5, 0.6) is 17.4 Å². The van der Waals surface area contributed by atoms with E-state index in [9.17, 15) is 0 Å². The molecule has 144 valence electrons. The van der Waals surface area contributed by atoms with Crippen molar-refractivity contribution in [2.45, 2.75) is 20.3 Å². The number of benzene rings is 1. The van der Waals surface area contributed by atoms with Crippen LogP contribution in [0.1, 0.15) is 25.8 Å². The molecule has 0 bridgehead atoms. The van der Waals surface area contributed by atoms with Crippen molar-refractivity contribution < 1.29 is 14.2 Å². The number of hydrogen-bond acceptors (Lipinski definition) is 6. The molecule has 1 aliphatic heterocycles. The van der Waals surface area contributed by atoms with Crippen LogP contribution in [0.25, 0.3) is 0 Å². The second-order valence-corrected chi connectivity index (χ2v) is 6.71. The van der Waals surface area contributed by atoms with E-state index in [1.165, 1.54) is 0 Å². The Balaban J connectivity index is 1.91. The van der Waals surface area contributed by atoms with Crippen LogP contribution in [-0.4, -0.2) is 43.7 Å². The van der Waals surface area contributed by atoms with E-state index >= 15 is 0 Å². The van der Waals surface area contributed by atoms with Crippen molar-refractivity contribution in [1.29, 1.82) is 0 Å². The Morgan fingerprint density at radius 2 is 1.89 bits per heavy atom. The zero-order valence-corrected chi connectivity index (χ0v) is 16.0. The molecule has 27 heavy (non-hydrogen) atoms. The number of para-hydroxylation sites is 2. The Labute approximate surface area is 160 Å². The summed E-state index contributed by atoms with van der Waals surface area (Å²) >= 11 is 0. The van der Waals surface area contributed by atoms with E-state index in [1.807, 2.05) is 36.4 Å². The molecule has 0 unspecified atom stereocenters. The molecule has 1 aromatic heterocycles. The fraction of sp³-hybridized carbons (Fsp3) is 0.429. The van der Waals surface area contributed by atoms with Gasteiger partial charge in [-0.1, -0.05) is 26.0 Å². The molecule has 6 heteroatoms. The van der Waals surface area contributed by atoms with E-state index in [1.54, 1.807) is 6.20 Å². The summed E-state index contributed by atoms with van der Waals surface area (Å²) in [6.45, 7) is 7.31. The topological polar surface area (TPSA) is 65.0 Å². The van der Waals surface area contributed by atoms with Crippen molar-refractivity contribution in [2.75, 3.05) is 32.9 Å². The van der Waals surface area contributed by atoms with E-state index in [-0.39, 0.29) is 0 Å². The summed E-state index contributed by atoms with van der Waals surface area (Å²) in [5.74, 6) is 3.19. The molecular weight excluding hydrogens is 342 g/mol. The Kier molecular flexibility index (Phi) is 7.04. The first-order valence-corrected chi connectivity index (χ1v) is 9.45. The monoisotopic (exact) mass is 369 g/mol. The van der Waals surface area contributed by atoms with Gasteiger partial charge in [-0.2, -0.15) is 0 Å². The Morgan fingerprint density at radius 3 is 2.74 bits per heavy atom. The highest BCUT2D eigenvalue weighted by molar-refractivity contribution is 6.00. The molecule has 0 radical (unpaired) electrons. The van der Waals surface area contributed by atoms with Crippen LogP contribution in [0.4, 0.5) is 0 Å². The van der Waals surface area contributed by atoms with Gasteiger partial charge in [0, 0.05) is 12.7 Å². The minimum absolute atomic E-state index is 0.457. The second kappa shape index (κ2) is 9.92. The summed E-state index contributed by atoms with van der Waals surface area (Å²) in [6.07, 6.45) is 2.78. The molecule has 3 rings (SSSR count). The zero-order valence-electron chi connectivity index (χ0n) is 16.0. The van der Waals surface area contributed by atoms with Crippen molar-refractivity contribution in [3.63, 3.8) is 0 Å². The molecule has 0 fully saturated rings. The minimum Gasteiger partial charge on any atom is -0.487 e. The predicted octanol–water partition coefficient (Wildman–Crippen LogP) is 3.67. The predicted molar refractivity (Wildman–Crippen MR) is 106 cm³/mol. The van der Waals surface area contributed by atoms with Crippen LogP contribution in [-0.2, 0) is 4.74 Å². The first-order chi connectivity index (χ1) is 13.2. The van der Waals surface area contributed by atoms with Gasteiger partial charge in [-0.05, 0) is 36.6 Å². The highest BCUT2D eigenvalue weighted by atomic mass is 16.5. The molecule has 2 heterocycles. The number of ether oxygens (including phenoxy) is 3. The molecule has 1 N–H and O–H groups in total. The van der Waals surface area contributed by atoms with Gasteiger partial charge in [-0.3, -0.25) is 4.99 Å². The van der Waals surface area contributed by atoms with Crippen molar-refractivity contribution >= 4 is 5.84 Å². The van der Waals surface area contributed by atoms with E-state index in [4.69, 9.17) is 19.2 Å². The molecule has 6 nitrogen and oxygen atoms in total. The Morgan fingerprint density at radius 1 is 1.04 bits per heavy atom. The molecule has 0 saturated carbocycles. The Bertz CT molecular complexity index is 762. The molecule has 0 amide bonds. The highest BCUT2D eigenvalue weighted by Gasteiger charge is 2.15. The maximum Gasteiger partial charge on any atom is 0.230 e. The highest BCUT2D eigenvalue weighted by Crippen LogP contribution is 2.32. The maximum atomic E-state index is 6.12. The molecule has 0 aliphatic carbocycles. The zero-order chi connectivity index (χ0) is 18.9. The van der Waals surface area contributed by atoms with Crippen LogP contribution in [0.2, 0.25) is 0 Å². The van der Waals surface area contributed by atoms with Gasteiger partial charge in [0.25, 0.3) is 0 Å². The van der Waals surface area contributed by atoms with Gasteiger partial charge in [0.05, 0.1) is 25.3 Å². The molecule has 0 atom stereocenters. The molecule has 2 aromatic rings. The van der Waals surface area contributed by atoms with Gasteiger partial charge in [0.1, 0.15) is 12.4 Å². The smallest absolute Gasteiger partial charge is 0.230 e. The number of fused-ring (bicyclic) bond motifs is 2. The third-order valence-electron chi connectivity index (χ3n) is 4.09. The fourth-order valence-corrected chi connectivity index (χ4v) is 2.66. The SMILES string of the molecule is CC(C)CCNC1=NCCOCCOc2ccccc2Oc2ncccc21. The van der Waals surface area contributed by atoms with Gasteiger partial charge in [-0.25, -0.2) is 4.98 Å². The first-order valence-electron chi connectivity index (χ1n) is 9.45. The van der Waals surface area contributed by atoms with Crippen LogP contribution in [0.3, 0.4) is 0 Å². The lowest BCUT2D eigenvalue weighted by atomic mass is 10.1. The van der Waals surface area contributed by atoms with Crippen LogP contribution < -0.4 is 14.8 Å². The van der Waals surface area contributed by atoms with E-state index < -0.39 is 0 Å². The number of hydrogen-bond donors (Lipinski definition) is 1. The van der Waals surface area contributed by atoms with Crippen molar-refractivity contribution in [3.05, 3.63) is 48.2 Å². The van der Waals surface area contributed by atoms with Gasteiger partial charge >= 0.3 is 0 Å². The third kappa shape index (κ3) is 5.69. The van der Waals surface area contributed by atoms with Crippen molar-refractivity contribution in [2.24, 2.45) is 10.9 Å². The van der Waals surface area contributed by atoms with E-state index in [0.717, 1.165) is 24.4 Å². The second-order valence-electron chi connectivity index (χ2n) is 6.71. The van der Waals surface area contributed by atoms with Gasteiger partial charge < -0.3 is 19.5 Å². The normalized spacial score (nSPS) is 15.0. The van der Waals surface area contributed by atoms with Gasteiger partial charge in [0.2, 0.25) is 5.88 Å². The molecule has 1 aliphatic rings. The number of nitrogens with one attached hydrogen (secondary N) is 1. The molecule has 0 saturated heterocycles. The summed E-state index contributed by atoms with van der Waals surface area (Å²) in [7, 11) is 0. The van der Waals surface area contributed by atoms with Crippen LogP contribution >= 0.6 is 0 Å². The summed E-state index contributed by atoms with van der Waals surface area (Å²) < 4.78 is 17.5. The molecular formula is C21H27N3O3. The van der Waals surface area contributed by atoms with Crippen molar-refractivity contribution in [3.8, 4) is 17.4 Å². The number of pyridine rings is 1. The number of nitrogens with zero attached hydrogens (tertiary/aromatic N) is 2. The van der Waals surface area contributed by atoms with E-state index in [2.05, 4.69) is 24.1 Å². The lowest BCUT2D eigenvalue weighted by Gasteiger charge is -2.15. The Hall–Kier alpha value is -2.60. The lowest BCUT2D eigenvalue weighted by Crippen LogP contribution is -2.27. The number of amidine groups is 1.